The third-order valence-corrected chi connectivity index (χ3v) is 7.55. The van der Waals surface area contributed by atoms with E-state index in [2.05, 4.69) is 38.1 Å². The van der Waals surface area contributed by atoms with Crippen molar-refractivity contribution in [1.29, 1.82) is 0 Å². The van der Waals surface area contributed by atoms with E-state index in [1.807, 2.05) is 0 Å². The molecule has 1 spiro atoms. The average molecular weight is 352 g/mol. The van der Waals surface area contributed by atoms with Crippen LogP contribution in [0.3, 0.4) is 0 Å². The van der Waals surface area contributed by atoms with E-state index in [0.29, 0.717) is 5.92 Å². The maximum atomic E-state index is 5.98. The molecule has 1 heterocycles. The summed E-state index contributed by atoms with van der Waals surface area (Å²) in [6.45, 7) is 5.41. The second kappa shape index (κ2) is 5.71. The highest BCUT2D eigenvalue weighted by atomic mass is 17.2. The summed E-state index contributed by atoms with van der Waals surface area (Å²) in [5, 5.41) is 0. The fraction of sp³-hybridized carbons (Fsp3) is 0.565. The van der Waals surface area contributed by atoms with Gasteiger partial charge >= 0.3 is 0 Å². The number of rotatable bonds is 2. The maximum Gasteiger partial charge on any atom is 0.119 e. The topological polar surface area (TPSA) is 27.7 Å². The van der Waals surface area contributed by atoms with Gasteiger partial charge in [-0.05, 0) is 78.0 Å². The predicted octanol–water partition coefficient (Wildman–Crippen LogP) is 5.57. The summed E-state index contributed by atoms with van der Waals surface area (Å²) in [5.41, 5.74) is 7.61. The lowest BCUT2D eigenvalue weighted by atomic mass is 9.57. The molecule has 1 saturated heterocycles. The first-order chi connectivity index (χ1) is 12.6. The van der Waals surface area contributed by atoms with Gasteiger partial charge in [0, 0.05) is 11.8 Å². The smallest absolute Gasteiger partial charge is 0.119 e. The lowest BCUT2D eigenvalue weighted by Gasteiger charge is -2.48. The minimum atomic E-state index is -0.126. The van der Waals surface area contributed by atoms with Crippen LogP contribution in [-0.2, 0) is 9.78 Å². The highest BCUT2D eigenvalue weighted by Crippen LogP contribution is 2.64. The van der Waals surface area contributed by atoms with E-state index in [9.17, 15) is 0 Å². The van der Waals surface area contributed by atoms with Crippen LogP contribution in [0.1, 0.15) is 69.4 Å². The van der Waals surface area contributed by atoms with Gasteiger partial charge in [0.15, 0.2) is 0 Å². The van der Waals surface area contributed by atoms with Crippen molar-refractivity contribution >= 4 is 5.57 Å². The summed E-state index contributed by atoms with van der Waals surface area (Å²) in [6.07, 6.45) is 9.05. The van der Waals surface area contributed by atoms with Gasteiger partial charge in [0.25, 0.3) is 0 Å². The molecule has 3 aliphatic carbocycles. The summed E-state index contributed by atoms with van der Waals surface area (Å²) in [6, 6.07) is 6.63. The molecule has 4 aliphatic rings. The van der Waals surface area contributed by atoms with Gasteiger partial charge in [-0.15, -0.1) is 0 Å². The maximum absolute atomic E-state index is 5.98. The van der Waals surface area contributed by atoms with Gasteiger partial charge in [0.05, 0.1) is 13.7 Å². The van der Waals surface area contributed by atoms with Crippen LogP contribution in [0.25, 0.3) is 5.57 Å². The lowest BCUT2D eigenvalue weighted by molar-refractivity contribution is -0.328. The van der Waals surface area contributed by atoms with Crippen molar-refractivity contribution in [3.8, 4) is 5.75 Å². The van der Waals surface area contributed by atoms with E-state index in [4.69, 9.17) is 14.5 Å². The molecular formula is C23H28O3. The van der Waals surface area contributed by atoms with Crippen LogP contribution in [0.5, 0.6) is 5.75 Å². The van der Waals surface area contributed by atoms with Gasteiger partial charge < -0.3 is 4.74 Å². The fourth-order valence-electron chi connectivity index (χ4n) is 6.17. The molecule has 3 heteroatoms. The van der Waals surface area contributed by atoms with Crippen LogP contribution >= 0.6 is 0 Å². The van der Waals surface area contributed by atoms with E-state index in [-0.39, 0.29) is 11.0 Å². The van der Waals surface area contributed by atoms with Crippen LogP contribution in [-0.4, -0.2) is 19.3 Å². The number of hydrogen-bond donors (Lipinski definition) is 0. The Bertz CT molecular complexity index is 813. The Balaban J connectivity index is 1.64. The molecule has 3 nitrogen and oxygen atoms in total. The number of ether oxygens (including phenoxy) is 1. The normalized spacial score (nSPS) is 35.2. The number of allylic oxidation sites excluding steroid dienone is 2. The van der Waals surface area contributed by atoms with E-state index in [1.54, 1.807) is 23.8 Å². The summed E-state index contributed by atoms with van der Waals surface area (Å²) < 4.78 is 5.47. The molecule has 3 atom stereocenters. The zero-order valence-electron chi connectivity index (χ0n) is 16.1. The van der Waals surface area contributed by atoms with Gasteiger partial charge in [-0.1, -0.05) is 26.0 Å². The monoisotopic (exact) mass is 352 g/mol. The molecule has 1 aromatic carbocycles. The van der Waals surface area contributed by atoms with Gasteiger partial charge in [0.2, 0.25) is 0 Å². The molecule has 138 valence electrons. The number of fused-ring (bicyclic) bond motifs is 5. The molecular weight excluding hydrogens is 324 g/mol. The van der Waals surface area contributed by atoms with Crippen molar-refractivity contribution in [2.45, 2.75) is 63.9 Å². The first-order valence-corrected chi connectivity index (χ1v) is 10.1. The Kier molecular flexibility index (Phi) is 3.64. The van der Waals surface area contributed by atoms with E-state index in [0.717, 1.165) is 50.9 Å². The highest BCUT2D eigenvalue weighted by Gasteiger charge is 2.60. The van der Waals surface area contributed by atoms with Crippen molar-refractivity contribution in [2.24, 2.45) is 5.41 Å². The molecule has 1 aromatic rings. The summed E-state index contributed by atoms with van der Waals surface area (Å²) in [7, 11) is 1.75. The largest absolute Gasteiger partial charge is 0.497 e. The minimum absolute atomic E-state index is 0.126. The molecule has 1 fully saturated rings. The van der Waals surface area contributed by atoms with Crippen LogP contribution in [0.15, 0.2) is 35.4 Å². The van der Waals surface area contributed by atoms with Gasteiger partial charge in [-0.3, -0.25) is 0 Å². The molecule has 2 unspecified atom stereocenters. The van der Waals surface area contributed by atoms with E-state index < -0.39 is 0 Å². The molecule has 1 aliphatic heterocycles. The quantitative estimate of drug-likeness (QED) is 0.652. The molecule has 0 aromatic heterocycles. The van der Waals surface area contributed by atoms with Gasteiger partial charge in [0.1, 0.15) is 11.4 Å². The molecule has 5 rings (SSSR count). The number of methoxy groups -OCH3 is 1. The average Bonchev–Trinajstić information content (AvgIpc) is 3.28. The second-order valence-electron chi connectivity index (χ2n) is 8.42. The van der Waals surface area contributed by atoms with Crippen LogP contribution in [0.4, 0.5) is 0 Å². The first kappa shape index (κ1) is 16.6. The van der Waals surface area contributed by atoms with Crippen molar-refractivity contribution in [3.05, 3.63) is 46.5 Å². The molecule has 0 bridgehead atoms. The van der Waals surface area contributed by atoms with Gasteiger partial charge in [-0.25, -0.2) is 9.78 Å². The lowest BCUT2D eigenvalue weighted by Crippen LogP contribution is -2.47. The Labute approximate surface area is 156 Å². The van der Waals surface area contributed by atoms with E-state index >= 15 is 0 Å². The van der Waals surface area contributed by atoms with E-state index in [1.165, 1.54) is 11.1 Å². The van der Waals surface area contributed by atoms with Crippen LogP contribution in [0.2, 0.25) is 0 Å². The van der Waals surface area contributed by atoms with Crippen LogP contribution < -0.4 is 4.74 Å². The standard InChI is InChI=1S/C23H28O3/c1-4-22-9-7-18-17-6-5-16(24-3)14-19(17)15(2)13-20(18)21(22)8-10-23(22)11-12-25-26-23/h5-6,8,14-15H,4,7,9-13H2,1-3H3/t15?,22-,23?/m0/s1. The van der Waals surface area contributed by atoms with Crippen molar-refractivity contribution < 1.29 is 14.5 Å². The molecule has 26 heavy (non-hydrogen) atoms. The Morgan fingerprint density at radius 2 is 2.12 bits per heavy atom. The third kappa shape index (κ3) is 1.96. The predicted molar refractivity (Wildman–Crippen MR) is 102 cm³/mol. The zero-order chi connectivity index (χ0) is 17.9. The third-order valence-electron chi connectivity index (χ3n) is 7.55. The number of hydrogen-bond acceptors (Lipinski definition) is 3. The van der Waals surface area contributed by atoms with Crippen molar-refractivity contribution in [3.63, 3.8) is 0 Å². The fourth-order valence-corrected chi connectivity index (χ4v) is 6.17. The summed E-state index contributed by atoms with van der Waals surface area (Å²) >= 11 is 0. The Hall–Kier alpha value is -1.58. The Morgan fingerprint density at radius 3 is 2.85 bits per heavy atom. The van der Waals surface area contributed by atoms with Crippen LogP contribution in [0, 0.1) is 5.41 Å². The summed E-state index contributed by atoms with van der Waals surface area (Å²) in [5.74, 6) is 1.48. The minimum Gasteiger partial charge on any atom is -0.497 e. The van der Waals surface area contributed by atoms with Gasteiger partial charge in [-0.2, -0.15) is 0 Å². The SMILES string of the molecule is CC[C@]12CCC3=C(CC(C)c4cc(OC)ccc43)C1=CCC21CCOO1. The zero-order valence-corrected chi connectivity index (χ0v) is 16.1. The number of benzene rings is 1. The molecule has 0 radical (unpaired) electrons. The van der Waals surface area contributed by atoms with Crippen molar-refractivity contribution in [2.75, 3.05) is 13.7 Å². The molecule has 0 N–H and O–H groups in total. The first-order valence-electron chi connectivity index (χ1n) is 10.1. The molecule has 0 saturated carbocycles. The second-order valence-corrected chi connectivity index (χ2v) is 8.42. The Morgan fingerprint density at radius 1 is 1.23 bits per heavy atom. The highest BCUT2D eigenvalue weighted by molar-refractivity contribution is 5.80. The molecule has 0 amide bonds. The van der Waals surface area contributed by atoms with Crippen molar-refractivity contribution in [1.82, 2.24) is 0 Å². The summed E-state index contributed by atoms with van der Waals surface area (Å²) in [4.78, 5) is 11.4.